The SMILES string of the molecule is CC(C)c1ccsc1C#N. The molecule has 1 nitrogen and oxygen atoms in total. The van der Waals surface area contributed by atoms with E-state index in [1.807, 2.05) is 11.4 Å². The van der Waals surface area contributed by atoms with Crippen LogP contribution in [0.15, 0.2) is 11.4 Å². The third-order valence-corrected chi connectivity index (χ3v) is 2.25. The lowest BCUT2D eigenvalue weighted by Crippen LogP contribution is -1.85. The van der Waals surface area contributed by atoms with Gasteiger partial charge in [-0.3, -0.25) is 0 Å². The van der Waals surface area contributed by atoms with Gasteiger partial charge in [-0.2, -0.15) is 5.26 Å². The van der Waals surface area contributed by atoms with Crippen LogP contribution < -0.4 is 0 Å². The van der Waals surface area contributed by atoms with E-state index < -0.39 is 0 Å². The van der Waals surface area contributed by atoms with E-state index in [2.05, 4.69) is 19.9 Å². The summed E-state index contributed by atoms with van der Waals surface area (Å²) >= 11 is 1.52. The topological polar surface area (TPSA) is 23.8 Å². The molecule has 1 aromatic heterocycles. The maximum absolute atomic E-state index is 8.62. The largest absolute Gasteiger partial charge is 0.192 e. The Balaban J connectivity index is 3.05. The Morgan fingerprint density at radius 1 is 1.60 bits per heavy atom. The van der Waals surface area contributed by atoms with E-state index in [1.165, 1.54) is 16.9 Å². The van der Waals surface area contributed by atoms with Crippen LogP contribution in [0.25, 0.3) is 0 Å². The molecule has 0 radical (unpaired) electrons. The average Bonchev–Trinajstić information content (AvgIpc) is 2.33. The first-order chi connectivity index (χ1) is 4.75. The van der Waals surface area contributed by atoms with Gasteiger partial charge < -0.3 is 0 Å². The molecule has 0 N–H and O–H groups in total. The fraction of sp³-hybridized carbons (Fsp3) is 0.375. The van der Waals surface area contributed by atoms with E-state index in [0.717, 1.165) is 4.88 Å². The Labute approximate surface area is 64.9 Å². The van der Waals surface area contributed by atoms with Crippen molar-refractivity contribution in [2.75, 3.05) is 0 Å². The number of hydrogen-bond donors (Lipinski definition) is 0. The Morgan fingerprint density at radius 3 is 2.70 bits per heavy atom. The molecule has 0 atom stereocenters. The third-order valence-electron chi connectivity index (χ3n) is 1.42. The molecule has 0 aliphatic heterocycles. The van der Waals surface area contributed by atoms with E-state index in [9.17, 15) is 0 Å². The normalized spacial score (nSPS) is 9.80. The summed E-state index contributed by atoms with van der Waals surface area (Å²) in [6.07, 6.45) is 0. The average molecular weight is 151 g/mol. The van der Waals surface area contributed by atoms with Gasteiger partial charge in [0.15, 0.2) is 0 Å². The van der Waals surface area contributed by atoms with Crippen molar-refractivity contribution in [2.24, 2.45) is 0 Å². The van der Waals surface area contributed by atoms with E-state index in [4.69, 9.17) is 5.26 Å². The van der Waals surface area contributed by atoms with Crippen LogP contribution in [0.2, 0.25) is 0 Å². The lowest BCUT2D eigenvalue weighted by atomic mass is 10.1. The van der Waals surface area contributed by atoms with Crippen LogP contribution in [0.5, 0.6) is 0 Å². The van der Waals surface area contributed by atoms with Crippen molar-refractivity contribution in [2.45, 2.75) is 19.8 Å². The lowest BCUT2D eigenvalue weighted by molar-refractivity contribution is 0.869. The van der Waals surface area contributed by atoms with Crippen LogP contribution in [0.3, 0.4) is 0 Å². The first kappa shape index (κ1) is 7.30. The molecule has 52 valence electrons. The molecule has 2 heteroatoms. The highest BCUT2D eigenvalue weighted by molar-refractivity contribution is 7.10. The van der Waals surface area contributed by atoms with Gasteiger partial charge in [0.2, 0.25) is 0 Å². The second kappa shape index (κ2) is 2.85. The molecule has 0 unspecified atom stereocenters. The standard InChI is InChI=1S/C8H9NS/c1-6(2)7-3-4-10-8(7)5-9/h3-4,6H,1-2H3. The van der Waals surface area contributed by atoms with Gasteiger partial charge >= 0.3 is 0 Å². The van der Waals surface area contributed by atoms with Gasteiger partial charge in [0.05, 0.1) is 0 Å². The summed E-state index contributed by atoms with van der Waals surface area (Å²) in [6, 6.07) is 4.20. The molecule has 0 fully saturated rings. The van der Waals surface area contributed by atoms with Crippen LogP contribution in [0, 0.1) is 11.3 Å². The van der Waals surface area contributed by atoms with Crippen molar-refractivity contribution in [3.63, 3.8) is 0 Å². The van der Waals surface area contributed by atoms with Gasteiger partial charge in [-0.05, 0) is 22.9 Å². The molecule has 0 aliphatic carbocycles. The Kier molecular flexibility index (Phi) is 2.08. The molecule has 0 saturated heterocycles. The zero-order valence-electron chi connectivity index (χ0n) is 6.09. The number of nitrogens with zero attached hydrogens (tertiary/aromatic N) is 1. The molecule has 1 aromatic rings. The zero-order valence-corrected chi connectivity index (χ0v) is 6.90. The molecule has 0 amide bonds. The van der Waals surface area contributed by atoms with Gasteiger partial charge in [-0.25, -0.2) is 0 Å². The van der Waals surface area contributed by atoms with Crippen LogP contribution in [0.1, 0.15) is 30.2 Å². The van der Waals surface area contributed by atoms with Gasteiger partial charge in [-0.1, -0.05) is 13.8 Å². The van der Waals surface area contributed by atoms with E-state index >= 15 is 0 Å². The predicted molar refractivity (Wildman–Crippen MR) is 43.1 cm³/mol. The van der Waals surface area contributed by atoms with Crippen molar-refractivity contribution in [3.8, 4) is 6.07 Å². The van der Waals surface area contributed by atoms with Crippen molar-refractivity contribution < 1.29 is 0 Å². The van der Waals surface area contributed by atoms with Crippen molar-refractivity contribution >= 4 is 11.3 Å². The smallest absolute Gasteiger partial charge is 0.110 e. The Hall–Kier alpha value is -0.810. The van der Waals surface area contributed by atoms with Crippen LogP contribution in [-0.4, -0.2) is 0 Å². The van der Waals surface area contributed by atoms with Gasteiger partial charge in [0, 0.05) is 0 Å². The number of rotatable bonds is 1. The summed E-state index contributed by atoms with van der Waals surface area (Å²) in [7, 11) is 0. The van der Waals surface area contributed by atoms with Gasteiger partial charge in [0.25, 0.3) is 0 Å². The number of hydrogen-bond acceptors (Lipinski definition) is 2. The van der Waals surface area contributed by atoms with Crippen LogP contribution in [-0.2, 0) is 0 Å². The highest BCUT2D eigenvalue weighted by atomic mass is 32.1. The van der Waals surface area contributed by atoms with Gasteiger partial charge in [-0.15, -0.1) is 11.3 Å². The first-order valence-electron chi connectivity index (χ1n) is 3.23. The first-order valence-corrected chi connectivity index (χ1v) is 4.11. The van der Waals surface area contributed by atoms with E-state index in [-0.39, 0.29) is 0 Å². The third kappa shape index (κ3) is 1.19. The van der Waals surface area contributed by atoms with Crippen LogP contribution >= 0.6 is 11.3 Å². The molecule has 0 saturated carbocycles. The predicted octanol–water partition coefficient (Wildman–Crippen LogP) is 2.74. The Bertz CT molecular complexity index is 254. The highest BCUT2D eigenvalue weighted by Gasteiger charge is 2.05. The maximum atomic E-state index is 8.62. The molecule has 1 heterocycles. The summed E-state index contributed by atoms with van der Waals surface area (Å²) in [4.78, 5) is 0.856. The minimum Gasteiger partial charge on any atom is -0.192 e. The molecule has 0 aromatic carbocycles. The summed E-state index contributed by atoms with van der Waals surface area (Å²) < 4.78 is 0. The summed E-state index contributed by atoms with van der Waals surface area (Å²) in [5.74, 6) is 0.473. The second-order valence-electron chi connectivity index (χ2n) is 2.47. The Morgan fingerprint density at radius 2 is 2.30 bits per heavy atom. The minimum absolute atomic E-state index is 0.473. The number of thiophene rings is 1. The molecule has 1 rings (SSSR count). The quantitative estimate of drug-likeness (QED) is 0.605. The minimum atomic E-state index is 0.473. The zero-order chi connectivity index (χ0) is 7.56. The molecule has 0 aliphatic rings. The lowest BCUT2D eigenvalue weighted by Gasteiger charge is -1.99. The maximum Gasteiger partial charge on any atom is 0.110 e. The molecular formula is C8H9NS. The van der Waals surface area contributed by atoms with E-state index in [1.54, 1.807) is 0 Å². The molecule has 0 bridgehead atoms. The molecular weight excluding hydrogens is 142 g/mol. The van der Waals surface area contributed by atoms with Crippen molar-refractivity contribution in [1.82, 2.24) is 0 Å². The summed E-state index contributed by atoms with van der Waals surface area (Å²) in [5, 5.41) is 10.6. The number of nitriles is 1. The summed E-state index contributed by atoms with van der Waals surface area (Å²) in [5.41, 5.74) is 1.17. The van der Waals surface area contributed by atoms with Crippen molar-refractivity contribution in [1.29, 1.82) is 5.26 Å². The second-order valence-corrected chi connectivity index (χ2v) is 3.39. The van der Waals surface area contributed by atoms with Crippen LogP contribution in [0.4, 0.5) is 0 Å². The molecule has 10 heavy (non-hydrogen) atoms. The van der Waals surface area contributed by atoms with Gasteiger partial charge in [0.1, 0.15) is 10.9 Å². The highest BCUT2D eigenvalue weighted by Crippen LogP contribution is 2.23. The molecule has 0 spiro atoms. The van der Waals surface area contributed by atoms with E-state index in [0.29, 0.717) is 5.92 Å². The monoisotopic (exact) mass is 151 g/mol. The summed E-state index contributed by atoms with van der Waals surface area (Å²) in [6.45, 7) is 4.20. The van der Waals surface area contributed by atoms with Crippen molar-refractivity contribution in [3.05, 3.63) is 21.9 Å². The fourth-order valence-corrected chi connectivity index (χ4v) is 1.71. The fourth-order valence-electron chi connectivity index (χ4n) is 0.865.